The van der Waals surface area contributed by atoms with Gasteiger partial charge in [0.2, 0.25) is 13.8 Å². The predicted molar refractivity (Wildman–Crippen MR) is 137 cm³/mol. The van der Waals surface area contributed by atoms with Crippen LogP contribution in [-0.4, -0.2) is 40.4 Å². The molecule has 0 amide bonds. The first-order chi connectivity index (χ1) is 14.8. The van der Waals surface area contributed by atoms with E-state index in [1.54, 1.807) is 18.2 Å². The van der Waals surface area contributed by atoms with Gasteiger partial charge in [0.05, 0.1) is 10.9 Å². The standard InChI is InChI=1S/C23H26Cl3N3O2S/c1-15-9-11-16(12-10-15)32(30,31)27-22(23(24,25)26)18-13-14-20(29(4)5)21-17(18)7-6-8-19(21)28(2)3/h6-14,22,27H,1-5H3/t22-/m0/s1. The van der Waals surface area contributed by atoms with Gasteiger partial charge < -0.3 is 9.80 Å². The fourth-order valence-corrected chi connectivity index (χ4v) is 5.59. The summed E-state index contributed by atoms with van der Waals surface area (Å²) in [5, 5.41) is 1.74. The van der Waals surface area contributed by atoms with Crippen LogP contribution in [0.25, 0.3) is 10.8 Å². The summed E-state index contributed by atoms with van der Waals surface area (Å²) in [5.74, 6) is 0. The number of rotatable bonds is 6. The number of fused-ring (bicyclic) bond motifs is 1. The SMILES string of the molecule is Cc1ccc(S(=O)(=O)N[C@@H](c2ccc(N(C)C)c3c(N(C)C)cccc23)C(Cl)(Cl)Cl)cc1. The van der Waals surface area contributed by atoms with Gasteiger partial charge in [0.15, 0.2) is 0 Å². The van der Waals surface area contributed by atoms with Gasteiger partial charge in [-0.3, -0.25) is 0 Å². The lowest BCUT2D eigenvalue weighted by molar-refractivity contribution is 0.559. The zero-order valence-corrected chi connectivity index (χ0v) is 21.6. The van der Waals surface area contributed by atoms with Crippen molar-refractivity contribution < 1.29 is 8.42 Å². The highest BCUT2D eigenvalue weighted by Gasteiger charge is 2.38. The second kappa shape index (κ2) is 9.27. The molecule has 9 heteroatoms. The van der Waals surface area contributed by atoms with E-state index in [0.717, 1.165) is 27.7 Å². The van der Waals surface area contributed by atoms with E-state index in [2.05, 4.69) is 4.72 Å². The summed E-state index contributed by atoms with van der Waals surface area (Å²) in [6.07, 6.45) is 0. The van der Waals surface area contributed by atoms with Gasteiger partial charge in [0.1, 0.15) is 0 Å². The van der Waals surface area contributed by atoms with Crippen LogP contribution in [0.15, 0.2) is 59.5 Å². The van der Waals surface area contributed by atoms with Crippen molar-refractivity contribution >= 4 is 67.0 Å². The van der Waals surface area contributed by atoms with E-state index in [1.807, 2.05) is 69.2 Å². The maximum Gasteiger partial charge on any atom is 0.241 e. The van der Waals surface area contributed by atoms with Crippen molar-refractivity contribution in [3.63, 3.8) is 0 Å². The van der Waals surface area contributed by atoms with Crippen molar-refractivity contribution in [1.82, 2.24) is 4.72 Å². The highest BCUT2D eigenvalue weighted by Crippen LogP contribution is 2.45. The second-order valence-electron chi connectivity index (χ2n) is 8.07. The molecular formula is C23H26Cl3N3O2S. The Hall–Kier alpha value is -1.70. The molecule has 0 aliphatic rings. The fourth-order valence-electron chi connectivity index (χ4n) is 3.64. The number of halogens is 3. The Kier molecular flexibility index (Phi) is 7.23. The molecule has 0 spiro atoms. The van der Waals surface area contributed by atoms with Gasteiger partial charge in [-0.2, -0.15) is 4.72 Å². The van der Waals surface area contributed by atoms with E-state index >= 15 is 0 Å². The molecule has 3 rings (SSSR count). The normalized spacial score (nSPS) is 13.2. The number of benzene rings is 3. The van der Waals surface area contributed by atoms with E-state index in [9.17, 15) is 8.42 Å². The number of alkyl halides is 3. The molecule has 0 radical (unpaired) electrons. The highest BCUT2D eigenvalue weighted by atomic mass is 35.6. The predicted octanol–water partition coefficient (Wildman–Crippen LogP) is 5.67. The maximum atomic E-state index is 13.2. The van der Waals surface area contributed by atoms with E-state index in [-0.39, 0.29) is 4.90 Å². The molecule has 1 atom stereocenters. The Morgan fingerprint density at radius 3 is 1.94 bits per heavy atom. The minimum Gasteiger partial charge on any atom is -0.377 e. The van der Waals surface area contributed by atoms with Crippen LogP contribution in [0.3, 0.4) is 0 Å². The average Bonchev–Trinajstić information content (AvgIpc) is 2.70. The lowest BCUT2D eigenvalue weighted by Crippen LogP contribution is -2.36. The molecule has 0 saturated heterocycles. The summed E-state index contributed by atoms with van der Waals surface area (Å²) in [5.41, 5.74) is 3.46. The second-order valence-corrected chi connectivity index (χ2v) is 12.2. The van der Waals surface area contributed by atoms with E-state index in [1.165, 1.54) is 12.1 Å². The third-order valence-electron chi connectivity index (χ3n) is 5.24. The molecule has 3 aromatic carbocycles. The van der Waals surface area contributed by atoms with E-state index in [4.69, 9.17) is 34.8 Å². The molecule has 0 heterocycles. The Bertz CT molecular complexity index is 1210. The number of sulfonamides is 1. The molecule has 0 bridgehead atoms. The van der Waals surface area contributed by atoms with Crippen molar-refractivity contribution in [2.45, 2.75) is 21.7 Å². The van der Waals surface area contributed by atoms with Gasteiger partial charge in [-0.1, -0.05) is 70.7 Å². The first kappa shape index (κ1) is 24.9. The minimum absolute atomic E-state index is 0.102. The van der Waals surface area contributed by atoms with Crippen molar-refractivity contribution in [3.05, 3.63) is 65.7 Å². The first-order valence-corrected chi connectivity index (χ1v) is 12.5. The molecule has 1 N–H and O–H groups in total. The summed E-state index contributed by atoms with van der Waals surface area (Å²) in [4.78, 5) is 4.10. The number of nitrogens with one attached hydrogen (secondary N) is 1. The number of aryl methyl sites for hydroxylation is 1. The molecule has 5 nitrogen and oxygen atoms in total. The van der Waals surface area contributed by atoms with Crippen LogP contribution in [0.2, 0.25) is 0 Å². The molecule has 172 valence electrons. The highest BCUT2D eigenvalue weighted by molar-refractivity contribution is 7.89. The summed E-state index contributed by atoms with van der Waals surface area (Å²) in [7, 11) is 3.85. The summed E-state index contributed by atoms with van der Waals surface area (Å²) in [6.45, 7) is 1.88. The maximum absolute atomic E-state index is 13.2. The van der Waals surface area contributed by atoms with Crippen LogP contribution in [0.4, 0.5) is 11.4 Å². The van der Waals surface area contributed by atoms with Crippen LogP contribution in [0.1, 0.15) is 17.2 Å². The van der Waals surface area contributed by atoms with Gasteiger partial charge in [-0.25, -0.2) is 8.42 Å². The molecule has 3 aromatic rings. The van der Waals surface area contributed by atoms with Gasteiger partial charge in [-0.15, -0.1) is 0 Å². The van der Waals surface area contributed by atoms with Gasteiger partial charge in [0, 0.05) is 45.0 Å². The topological polar surface area (TPSA) is 52.7 Å². The number of hydrogen-bond donors (Lipinski definition) is 1. The Balaban J connectivity index is 2.23. The van der Waals surface area contributed by atoms with Crippen molar-refractivity contribution in [2.75, 3.05) is 38.0 Å². The Morgan fingerprint density at radius 2 is 1.41 bits per heavy atom. The number of anilines is 2. The molecule has 0 unspecified atom stereocenters. The Labute approximate surface area is 204 Å². The van der Waals surface area contributed by atoms with Crippen molar-refractivity contribution in [3.8, 4) is 0 Å². The summed E-state index contributed by atoms with van der Waals surface area (Å²) in [6, 6.07) is 14.9. The van der Waals surface area contributed by atoms with Crippen molar-refractivity contribution in [2.24, 2.45) is 0 Å². The lowest BCUT2D eigenvalue weighted by atomic mass is 9.96. The number of nitrogens with zero attached hydrogens (tertiary/aromatic N) is 2. The van der Waals surface area contributed by atoms with Gasteiger partial charge in [-0.05, 0) is 42.1 Å². The van der Waals surface area contributed by atoms with Gasteiger partial charge in [0.25, 0.3) is 0 Å². The largest absolute Gasteiger partial charge is 0.377 e. The van der Waals surface area contributed by atoms with Gasteiger partial charge >= 0.3 is 0 Å². The van der Waals surface area contributed by atoms with Crippen molar-refractivity contribution in [1.29, 1.82) is 0 Å². The van der Waals surface area contributed by atoms with Crippen LogP contribution in [-0.2, 0) is 10.0 Å². The lowest BCUT2D eigenvalue weighted by Gasteiger charge is -2.29. The van der Waals surface area contributed by atoms with Crippen LogP contribution < -0.4 is 14.5 Å². The monoisotopic (exact) mass is 513 g/mol. The molecule has 0 saturated carbocycles. The minimum atomic E-state index is -3.95. The number of hydrogen-bond acceptors (Lipinski definition) is 4. The van der Waals surface area contributed by atoms with Crippen LogP contribution in [0.5, 0.6) is 0 Å². The molecule has 0 aliphatic heterocycles. The van der Waals surface area contributed by atoms with E-state index < -0.39 is 19.9 Å². The third kappa shape index (κ3) is 5.10. The summed E-state index contributed by atoms with van der Waals surface area (Å²) < 4.78 is 27.0. The van der Waals surface area contributed by atoms with E-state index in [0.29, 0.717) is 5.56 Å². The molecule has 0 aliphatic carbocycles. The van der Waals surface area contributed by atoms with Crippen LogP contribution >= 0.6 is 34.8 Å². The average molecular weight is 515 g/mol. The molecular weight excluding hydrogens is 489 g/mol. The molecule has 0 fully saturated rings. The Morgan fingerprint density at radius 1 is 0.844 bits per heavy atom. The fraction of sp³-hybridized carbons (Fsp3) is 0.304. The third-order valence-corrected chi connectivity index (χ3v) is 7.33. The first-order valence-electron chi connectivity index (χ1n) is 9.89. The molecule has 0 aromatic heterocycles. The zero-order chi connectivity index (χ0) is 23.8. The molecule has 32 heavy (non-hydrogen) atoms. The smallest absolute Gasteiger partial charge is 0.241 e. The quantitative estimate of drug-likeness (QED) is 0.431. The zero-order valence-electron chi connectivity index (χ0n) is 18.5. The van der Waals surface area contributed by atoms with Crippen LogP contribution in [0, 0.1) is 6.92 Å². The summed E-state index contributed by atoms with van der Waals surface area (Å²) >= 11 is 19.0.